The van der Waals surface area contributed by atoms with E-state index in [4.69, 9.17) is 18.9 Å². The van der Waals surface area contributed by atoms with Gasteiger partial charge >= 0.3 is 0 Å². The van der Waals surface area contributed by atoms with Crippen molar-refractivity contribution in [2.75, 3.05) is 67.0 Å². The lowest BCUT2D eigenvalue weighted by molar-refractivity contribution is 0.0347. The molecule has 0 spiro atoms. The van der Waals surface area contributed by atoms with E-state index < -0.39 is 0 Å². The van der Waals surface area contributed by atoms with E-state index in [9.17, 15) is 0 Å². The molecular formula is C12H27NO4. The molecule has 0 aromatic carbocycles. The molecule has 0 aliphatic heterocycles. The Morgan fingerprint density at radius 1 is 0.706 bits per heavy atom. The molecule has 0 heterocycles. The average Bonchev–Trinajstić information content (AvgIpc) is 2.35. The number of methoxy groups -OCH3 is 1. The topological polar surface area (TPSA) is 49.0 Å². The van der Waals surface area contributed by atoms with Gasteiger partial charge < -0.3 is 24.3 Å². The third-order valence-corrected chi connectivity index (χ3v) is 2.08. The quantitative estimate of drug-likeness (QED) is 0.459. The minimum Gasteiger partial charge on any atom is -0.385 e. The standard InChI is InChI=1S/C12H27NO4/c1-13-5-10-17-12-11-16-9-4-8-15-7-3-6-14-2/h13H,3-12H2,1-2H3. The van der Waals surface area contributed by atoms with Crippen LogP contribution in [0.15, 0.2) is 0 Å². The molecule has 0 unspecified atom stereocenters. The van der Waals surface area contributed by atoms with Crippen LogP contribution in [-0.2, 0) is 18.9 Å². The monoisotopic (exact) mass is 249 g/mol. The van der Waals surface area contributed by atoms with Crippen LogP contribution in [0.25, 0.3) is 0 Å². The van der Waals surface area contributed by atoms with Crippen LogP contribution in [0, 0.1) is 0 Å². The molecule has 0 saturated heterocycles. The number of likely N-dealkylation sites (N-methyl/N-ethyl adjacent to an activating group) is 1. The summed E-state index contributed by atoms with van der Waals surface area (Å²) in [6.45, 7) is 5.97. The van der Waals surface area contributed by atoms with Crippen LogP contribution in [0.4, 0.5) is 0 Å². The summed E-state index contributed by atoms with van der Waals surface area (Å²) in [5, 5.41) is 3.02. The third-order valence-electron chi connectivity index (χ3n) is 2.08. The Labute approximate surface area is 105 Å². The third kappa shape index (κ3) is 15.8. The fourth-order valence-electron chi connectivity index (χ4n) is 1.17. The van der Waals surface area contributed by atoms with Gasteiger partial charge in [-0.15, -0.1) is 0 Å². The van der Waals surface area contributed by atoms with Gasteiger partial charge in [-0.3, -0.25) is 0 Å². The predicted molar refractivity (Wildman–Crippen MR) is 67.5 cm³/mol. The van der Waals surface area contributed by atoms with Gasteiger partial charge in [-0.2, -0.15) is 0 Å². The summed E-state index contributed by atoms with van der Waals surface area (Å²) in [7, 11) is 3.61. The van der Waals surface area contributed by atoms with Crippen molar-refractivity contribution in [2.45, 2.75) is 12.8 Å². The number of ether oxygens (including phenoxy) is 4. The van der Waals surface area contributed by atoms with E-state index in [2.05, 4.69) is 5.32 Å². The maximum Gasteiger partial charge on any atom is 0.0701 e. The van der Waals surface area contributed by atoms with Gasteiger partial charge in [0.1, 0.15) is 0 Å². The van der Waals surface area contributed by atoms with Gasteiger partial charge in [0.2, 0.25) is 0 Å². The van der Waals surface area contributed by atoms with E-state index in [-0.39, 0.29) is 0 Å². The second-order valence-electron chi connectivity index (χ2n) is 3.64. The van der Waals surface area contributed by atoms with Crippen LogP contribution in [0.1, 0.15) is 12.8 Å². The number of rotatable bonds is 14. The van der Waals surface area contributed by atoms with Gasteiger partial charge in [-0.25, -0.2) is 0 Å². The summed E-state index contributed by atoms with van der Waals surface area (Å²) in [5.74, 6) is 0. The molecule has 5 nitrogen and oxygen atoms in total. The van der Waals surface area contributed by atoms with E-state index in [0.29, 0.717) is 13.2 Å². The Hall–Kier alpha value is -0.200. The van der Waals surface area contributed by atoms with Crippen molar-refractivity contribution in [3.63, 3.8) is 0 Å². The summed E-state index contributed by atoms with van der Waals surface area (Å²) in [4.78, 5) is 0. The second-order valence-corrected chi connectivity index (χ2v) is 3.64. The zero-order valence-corrected chi connectivity index (χ0v) is 11.2. The molecule has 0 rings (SSSR count). The fourth-order valence-corrected chi connectivity index (χ4v) is 1.17. The molecular weight excluding hydrogens is 222 g/mol. The van der Waals surface area contributed by atoms with Crippen molar-refractivity contribution >= 4 is 0 Å². The zero-order valence-electron chi connectivity index (χ0n) is 11.2. The summed E-state index contributed by atoms with van der Waals surface area (Å²) in [6, 6.07) is 0. The maximum absolute atomic E-state index is 5.40. The van der Waals surface area contributed by atoms with Gasteiger partial charge in [0.25, 0.3) is 0 Å². The first kappa shape index (κ1) is 16.8. The highest BCUT2D eigenvalue weighted by atomic mass is 16.5. The van der Waals surface area contributed by atoms with Crippen molar-refractivity contribution in [3.05, 3.63) is 0 Å². The highest BCUT2D eigenvalue weighted by Crippen LogP contribution is 1.88. The second kappa shape index (κ2) is 15.8. The van der Waals surface area contributed by atoms with Crippen LogP contribution < -0.4 is 5.32 Å². The minimum absolute atomic E-state index is 0.660. The van der Waals surface area contributed by atoms with Crippen LogP contribution in [0.2, 0.25) is 0 Å². The van der Waals surface area contributed by atoms with Crippen molar-refractivity contribution in [3.8, 4) is 0 Å². The molecule has 0 atom stereocenters. The molecule has 0 amide bonds. The average molecular weight is 249 g/mol. The normalized spacial score (nSPS) is 10.9. The van der Waals surface area contributed by atoms with Gasteiger partial charge in [0, 0.05) is 40.1 Å². The fraction of sp³-hybridized carbons (Fsp3) is 1.00. The van der Waals surface area contributed by atoms with Crippen molar-refractivity contribution in [1.82, 2.24) is 5.32 Å². The summed E-state index contributed by atoms with van der Waals surface area (Å²) in [6.07, 6.45) is 1.89. The summed E-state index contributed by atoms with van der Waals surface area (Å²) in [5.41, 5.74) is 0. The first-order chi connectivity index (χ1) is 8.41. The Balaban J connectivity index is 2.85. The van der Waals surface area contributed by atoms with E-state index in [0.717, 1.165) is 52.4 Å². The summed E-state index contributed by atoms with van der Waals surface area (Å²) < 4.78 is 21.0. The number of hydrogen-bond acceptors (Lipinski definition) is 5. The van der Waals surface area contributed by atoms with E-state index >= 15 is 0 Å². The first-order valence-electron chi connectivity index (χ1n) is 6.28. The molecule has 1 N–H and O–H groups in total. The highest BCUT2D eigenvalue weighted by molar-refractivity contribution is 4.39. The predicted octanol–water partition coefficient (Wildman–Crippen LogP) is 0.682. The van der Waals surface area contributed by atoms with Gasteiger partial charge in [0.05, 0.1) is 19.8 Å². The molecule has 0 aliphatic carbocycles. The van der Waals surface area contributed by atoms with E-state index in [1.165, 1.54) is 0 Å². The molecule has 0 aromatic heterocycles. The summed E-state index contributed by atoms with van der Waals surface area (Å²) >= 11 is 0. The maximum atomic E-state index is 5.40. The minimum atomic E-state index is 0.660. The lowest BCUT2D eigenvalue weighted by Gasteiger charge is -2.06. The molecule has 0 radical (unpaired) electrons. The Kier molecular flexibility index (Phi) is 15.6. The molecule has 0 saturated carbocycles. The Bertz CT molecular complexity index is 122. The van der Waals surface area contributed by atoms with Crippen molar-refractivity contribution in [1.29, 1.82) is 0 Å². The Morgan fingerprint density at radius 2 is 1.24 bits per heavy atom. The lowest BCUT2D eigenvalue weighted by Crippen LogP contribution is -2.16. The van der Waals surface area contributed by atoms with E-state index in [1.807, 2.05) is 7.05 Å². The first-order valence-corrected chi connectivity index (χ1v) is 6.28. The van der Waals surface area contributed by atoms with Crippen LogP contribution in [0.3, 0.4) is 0 Å². The number of hydrogen-bond donors (Lipinski definition) is 1. The largest absolute Gasteiger partial charge is 0.385 e. The molecule has 17 heavy (non-hydrogen) atoms. The van der Waals surface area contributed by atoms with Crippen LogP contribution in [-0.4, -0.2) is 67.0 Å². The number of nitrogens with one attached hydrogen (secondary N) is 1. The lowest BCUT2D eigenvalue weighted by atomic mass is 10.4. The zero-order chi connectivity index (χ0) is 12.6. The molecule has 0 aliphatic rings. The molecule has 0 bridgehead atoms. The SMILES string of the molecule is CNCCOCCOCCCOCCCOC. The van der Waals surface area contributed by atoms with Gasteiger partial charge in [-0.1, -0.05) is 0 Å². The highest BCUT2D eigenvalue weighted by Gasteiger charge is 1.92. The van der Waals surface area contributed by atoms with Gasteiger partial charge in [-0.05, 0) is 19.9 Å². The Morgan fingerprint density at radius 3 is 1.82 bits per heavy atom. The van der Waals surface area contributed by atoms with Crippen molar-refractivity contribution in [2.24, 2.45) is 0 Å². The van der Waals surface area contributed by atoms with Gasteiger partial charge in [0.15, 0.2) is 0 Å². The van der Waals surface area contributed by atoms with E-state index in [1.54, 1.807) is 7.11 Å². The molecule has 0 fully saturated rings. The van der Waals surface area contributed by atoms with Crippen molar-refractivity contribution < 1.29 is 18.9 Å². The van der Waals surface area contributed by atoms with Crippen LogP contribution in [0.5, 0.6) is 0 Å². The molecule has 0 aromatic rings. The molecule has 104 valence electrons. The van der Waals surface area contributed by atoms with Crippen LogP contribution >= 0.6 is 0 Å². The molecule has 5 heteroatoms. The smallest absolute Gasteiger partial charge is 0.0701 e.